The normalized spacial score (nSPS) is 16.2. The van der Waals surface area contributed by atoms with Crippen LogP contribution in [0.3, 0.4) is 0 Å². The van der Waals surface area contributed by atoms with Crippen LogP contribution in [0.1, 0.15) is 32.4 Å². The van der Waals surface area contributed by atoms with Crippen molar-refractivity contribution in [3.63, 3.8) is 0 Å². The molecule has 0 saturated heterocycles. The number of fused-ring (bicyclic) bond motifs is 1. The highest BCUT2D eigenvalue weighted by Gasteiger charge is 2.25. The van der Waals surface area contributed by atoms with Gasteiger partial charge < -0.3 is 20.7 Å². The van der Waals surface area contributed by atoms with Crippen LogP contribution in [0.4, 0.5) is 15.9 Å². The third kappa shape index (κ3) is 3.94. The van der Waals surface area contributed by atoms with Gasteiger partial charge >= 0.3 is 0 Å². The van der Waals surface area contributed by atoms with Crippen molar-refractivity contribution in [2.75, 3.05) is 24.3 Å². The summed E-state index contributed by atoms with van der Waals surface area (Å²) in [4.78, 5) is 9.14. The van der Waals surface area contributed by atoms with E-state index in [4.69, 9.17) is 4.74 Å². The fourth-order valence-corrected chi connectivity index (χ4v) is 3.26. The zero-order chi connectivity index (χ0) is 20.6. The van der Waals surface area contributed by atoms with Crippen molar-refractivity contribution >= 4 is 23.1 Å². The van der Waals surface area contributed by atoms with Crippen LogP contribution in [0.2, 0.25) is 0 Å². The molecule has 3 N–H and O–H groups in total. The number of guanidine groups is 1. The molecule has 1 aromatic carbocycles. The van der Waals surface area contributed by atoms with Gasteiger partial charge in [0, 0.05) is 11.8 Å². The van der Waals surface area contributed by atoms with E-state index in [0.717, 1.165) is 5.69 Å². The molecule has 0 fully saturated rings. The molecule has 0 unspecified atom stereocenters. The molecule has 152 valence electrons. The van der Waals surface area contributed by atoms with E-state index >= 15 is 0 Å². The molecule has 4 rings (SSSR count). The van der Waals surface area contributed by atoms with Gasteiger partial charge in [-0.25, -0.2) is 13.9 Å². The van der Waals surface area contributed by atoms with E-state index < -0.39 is 0 Å². The van der Waals surface area contributed by atoms with Crippen LogP contribution in [-0.2, 0) is 0 Å². The SMILES string of the molecule is COc1ccc(F)cc1[C@@H](C)Nc1ccn2ncc(NC3=NCC(C)(C)N3)c2n1. The average Bonchev–Trinajstić information content (AvgIpc) is 3.24. The molecule has 1 atom stereocenters. The Balaban J connectivity index is 1.57. The second-order valence-electron chi connectivity index (χ2n) is 7.69. The third-order valence-electron chi connectivity index (χ3n) is 4.73. The van der Waals surface area contributed by atoms with Gasteiger partial charge in [0.2, 0.25) is 0 Å². The van der Waals surface area contributed by atoms with Crippen molar-refractivity contribution in [1.29, 1.82) is 0 Å². The molecular formula is C20H24FN7O. The number of halogens is 1. The van der Waals surface area contributed by atoms with E-state index in [2.05, 4.69) is 44.9 Å². The first-order valence-electron chi connectivity index (χ1n) is 9.39. The lowest BCUT2D eigenvalue weighted by molar-refractivity contribution is 0.406. The third-order valence-corrected chi connectivity index (χ3v) is 4.73. The van der Waals surface area contributed by atoms with Crippen LogP contribution in [0, 0.1) is 5.82 Å². The smallest absolute Gasteiger partial charge is 0.196 e. The van der Waals surface area contributed by atoms with Gasteiger partial charge in [0.1, 0.15) is 23.1 Å². The van der Waals surface area contributed by atoms with E-state index in [1.807, 2.05) is 19.2 Å². The lowest BCUT2D eigenvalue weighted by Crippen LogP contribution is -2.42. The van der Waals surface area contributed by atoms with Gasteiger partial charge in [-0.3, -0.25) is 4.99 Å². The van der Waals surface area contributed by atoms with Gasteiger partial charge in [-0.1, -0.05) is 0 Å². The van der Waals surface area contributed by atoms with Crippen molar-refractivity contribution in [2.24, 2.45) is 4.99 Å². The van der Waals surface area contributed by atoms with Crippen LogP contribution < -0.4 is 20.7 Å². The molecule has 0 amide bonds. The Kier molecular flexibility index (Phi) is 4.73. The summed E-state index contributed by atoms with van der Waals surface area (Å²) in [7, 11) is 1.57. The van der Waals surface area contributed by atoms with Crippen molar-refractivity contribution in [3.8, 4) is 5.75 Å². The number of aliphatic imine (C=N–C) groups is 1. The first kappa shape index (κ1) is 19.0. The average molecular weight is 397 g/mol. The monoisotopic (exact) mass is 397 g/mol. The molecule has 1 aliphatic rings. The molecule has 3 heterocycles. The molecule has 0 bridgehead atoms. The van der Waals surface area contributed by atoms with Crippen LogP contribution in [-0.4, -0.2) is 39.8 Å². The highest BCUT2D eigenvalue weighted by Crippen LogP contribution is 2.28. The van der Waals surface area contributed by atoms with E-state index in [1.54, 1.807) is 23.9 Å². The summed E-state index contributed by atoms with van der Waals surface area (Å²) in [6.07, 6.45) is 3.53. The Labute approximate surface area is 168 Å². The van der Waals surface area contributed by atoms with Crippen molar-refractivity contribution < 1.29 is 9.13 Å². The van der Waals surface area contributed by atoms with Crippen molar-refractivity contribution in [1.82, 2.24) is 19.9 Å². The molecule has 8 nitrogen and oxygen atoms in total. The molecule has 0 radical (unpaired) electrons. The molecule has 0 saturated carbocycles. The lowest BCUT2D eigenvalue weighted by Gasteiger charge is -2.18. The first-order chi connectivity index (χ1) is 13.8. The van der Waals surface area contributed by atoms with E-state index in [-0.39, 0.29) is 17.4 Å². The van der Waals surface area contributed by atoms with Crippen molar-refractivity contribution in [3.05, 3.63) is 48.0 Å². The van der Waals surface area contributed by atoms with Gasteiger partial charge in [0.15, 0.2) is 11.6 Å². The van der Waals surface area contributed by atoms with E-state index in [1.165, 1.54) is 12.1 Å². The number of rotatable bonds is 5. The van der Waals surface area contributed by atoms with E-state index in [0.29, 0.717) is 35.3 Å². The van der Waals surface area contributed by atoms with Crippen LogP contribution in [0.15, 0.2) is 41.7 Å². The lowest BCUT2D eigenvalue weighted by atomic mass is 10.1. The maximum absolute atomic E-state index is 13.7. The number of ether oxygens (including phenoxy) is 1. The predicted octanol–water partition coefficient (Wildman–Crippen LogP) is 3.20. The van der Waals surface area contributed by atoms with Gasteiger partial charge in [-0.05, 0) is 45.0 Å². The zero-order valence-electron chi connectivity index (χ0n) is 16.8. The Morgan fingerprint density at radius 1 is 1.31 bits per heavy atom. The molecule has 29 heavy (non-hydrogen) atoms. The first-order valence-corrected chi connectivity index (χ1v) is 9.39. The summed E-state index contributed by atoms with van der Waals surface area (Å²) in [5, 5.41) is 14.2. The maximum Gasteiger partial charge on any atom is 0.196 e. The molecule has 1 aliphatic heterocycles. The molecular weight excluding hydrogens is 373 g/mol. The number of anilines is 2. The molecule has 0 aliphatic carbocycles. The maximum atomic E-state index is 13.7. The number of benzene rings is 1. The largest absolute Gasteiger partial charge is 0.496 e. The second-order valence-corrected chi connectivity index (χ2v) is 7.69. The van der Waals surface area contributed by atoms with Gasteiger partial charge in [-0.2, -0.15) is 5.10 Å². The number of methoxy groups -OCH3 is 1. The quantitative estimate of drug-likeness (QED) is 0.613. The highest BCUT2D eigenvalue weighted by molar-refractivity contribution is 5.98. The number of nitrogens with zero attached hydrogens (tertiary/aromatic N) is 4. The zero-order valence-corrected chi connectivity index (χ0v) is 16.8. The Morgan fingerprint density at radius 3 is 2.86 bits per heavy atom. The second kappa shape index (κ2) is 7.23. The summed E-state index contributed by atoms with van der Waals surface area (Å²) in [5.41, 5.74) is 2.04. The molecule has 0 spiro atoms. The van der Waals surface area contributed by atoms with Gasteiger partial charge in [0.05, 0.1) is 31.4 Å². The highest BCUT2D eigenvalue weighted by atomic mass is 19.1. The summed E-state index contributed by atoms with van der Waals surface area (Å²) < 4.78 is 20.8. The Hall–Kier alpha value is -3.36. The van der Waals surface area contributed by atoms with E-state index in [9.17, 15) is 4.39 Å². The predicted molar refractivity (Wildman–Crippen MR) is 111 cm³/mol. The minimum absolute atomic E-state index is 0.0785. The molecule has 9 heteroatoms. The van der Waals surface area contributed by atoms with Crippen LogP contribution in [0.25, 0.3) is 5.65 Å². The number of nitrogens with one attached hydrogen (secondary N) is 3. The topological polar surface area (TPSA) is 87.9 Å². The Morgan fingerprint density at radius 2 is 2.14 bits per heavy atom. The fourth-order valence-electron chi connectivity index (χ4n) is 3.26. The number of hydrogen-bond acceptors (Lipinski definition) is 7. The summed E-state index contributed by atoms with van der Waals surface area (Å²) >= 11 is 0. The van der Waals surface area contributed by atoms with Gasteiger partial charge in [0.25, 0.3) is 0 Å². The number of hydrogen-bond donors (Lipinski definition) is 3. The summed E-state index contributed by atoms with van der Waals surface area (Å²) in [6, 6.07) is 6.07. The number of aromatic nitrogens is 3. The summed E-state index contributed by atoms with van der Waals surface area (Å²) in [5.74, 6) is 1.64. The standard InChI is InChI=1S/C20H24FN7O/c1-12(14-9-13(21)5-6-16(14)29-4)24-17-7-8-28-18(26-17)15(10-23-28)25-19-22-11-20(2,3)27-19/h5-10,12H,11H2,1-4H3,(H,24,26)(H2,22,25,27)/t12-/m1/s1. The van der Waals surface area contributed by atoms with Crippen LogP contribution >= 0.6 is 0 Å². The fraction of sp³-hybridized carbons (Fsp3) is 0.350. The van der Waals surface area contributed by atoms with Crippen LogP contribution in [0.5, 0.6) is 5.75 Å². The minimum atomic E-state index is -0.312. The molecule has 2 aromatic heterocycles. The Bertz CT molecular complexity index is 1080. The van der Waals surface area contributed by atoms with Crippen molar-refractivity contribution in [2.45, 2.75) is 32.4 Å². The summed E-state index contributed by atoms with van der Waals surface area (Å²) in [6.45, 7) is 6.80. The minimum Gasteiger partial charge on any atom is -0.496 e. The van der Waals surface area contributed by atoms with Gasteiger partial charge in [-0.15, -0.1) is 0 Å². The molecule has 3 aromatic rings.